The highest BCUT2D eigenvalue weighted by Crippen LogP contribution is 2.16. The minimum atomic E-state index is -0.489. The number of para-hydroxylation sites is 1. The molecule has 1 amide bonds. The summed E-state index contributed by atoms with van der Waals surface area (Å²) >= 11 is 0. The van der Waals surface area contributed by atoms with Crippen LogP contribution in [0.1, 0.15) is 20.8 Å². The summed E-state index contributed by atoms with van der Waals surface area (Å²) in [6.45, 7) is 0. The van der Waals surface area contributed by atoms with Crippen LogP contribution in [0.5, 0.6) is 0 Å². The van der Waals surface area contributed by atoms with Crippen LogP contribution in [0.3, 0.4) is 0 Å². The van der Waals surface area contributed by atoms with Crippen molar-refractivity contribution in [3.63, 3.8) is 0 Å². The van der Waals surface area contributed by atoms with Crippen molar-refractivity contribution in [1.29, 1.82) is 0 Å². The van der Waals surface area contributed by atoms with Crippen molar-refractivity contribution in [3.8, 4) is 0 Å². The quantitative estimate of drug-likeness (QED) is 0.812. The second-order valence-electron chi connectivity index (χ2n) is 3.58. The molecule has 1 aromatic heterocycles. The molecule has 0 aliphatic carbocycles. The van der Waals surface area contributed by atoms with Crippen LogP contribution in [0, 0.1) is 0 Å². The van der Waals surface area contributed by atoms with Crippen LogP contribution in [0.15, 0.2) is 42.6 Å². The summed E-state index contributed by atoms with van der Waals surface area (Å²) in [5.74, 6) is -0.797. The van der Waals surface area contributed by atoms with Gasteiger partial charge in [0, 0.05) is 6.20 Å². The second kappa shape index (κ2) is 5.18. The summed E-state index contributed by atoms with van der Waals surface area (Å²) in [7, 11) is 1.30. The Balaban J connectivity index is 2.24. The van der Waals surface area contributed by atoms with Crippen molar-refractivity contribution in [2.45, 2.75) is 0 Å². The molecular weight excluding hydrogens is 232 g/mol. The number of aromatic nitrogens is 1. The third kappa shape index (κ3) is 2.40. The number of nitrogens with one attached hydrogen (secondary N) is 2. The van der Waals surface area contributed by atoms with Crippen molar-refractivity contribution in [3.05, 3.63) is 53.9 Å². The van der Waals surface area contributed by atoms with E-state index in [1.165, 1.54) is 7.11 Å². The fraction of sp³-hybridized carbons (Fsp3) is 0.0769. The Bertz CT molecular complexity index is 561. The van der Waals surface area contributed by atoms with Crippen molar-refractivity contribution >= 4 is 17.6 Å². The molecule has 0 aliphatic heterocycles. The molecule has 2 N–H and O–H groups in total. The van der Waals surface area contributed by atoms with Gasteiger partial charge in [-0.1, -0.05) is 12.1 Å². The molecule has 0 saturated carbocycles. The number of esters is 1. The first-order chi connectivity index (χ1) is 8.72. The zero-order valence-corrected chi connectivity index (χ0v) is 9.77. The molecule has 0 unspecified atom stereocenters. The highest BCUT2D eigenvalue weighted by Gasteiger charge is 2.14. The summed E-state index contributed by atoms with van der Waals surface area (Å²) in [4.78, 5) is 26.2. The van der Waals surface area contributed by atoms with E-state index in [-0.39, 0.29) is 5.91 Å². The number of aromatic amines is 1. The molecule has 1 heterocycles. The van der Waals surface area contributed by atoms with Gasteiger partial charge in [-0.15, -0.1) is 0 Å². The van der Waals surface area contributed by atoms with Crippen molar-refractivity contribution < 1.29 is 14.3 Å². The van der Waals surface area contributed by atoms with Gasteiger partial charge in [-0.05, 0) is 24.3 Å². The van der Waals surface area contributed by atoms with Crippen LogP contribution in [0.2, 0.25) is 0 Å². The van der Waals surface area contributed by atoms with E-state index in [2.05, 4.69) is 15.0 Å². The summed E-state index contributed by atoms with van der Waals surface area (Å²) in [6, 6.07) is 10.0. The topological polar surface area (TPSA) is 71.2 Å². The maximum absolute atomic E-state index is 11.8. The highest BCUT2D eigenvalue weighted by atomic mass is 16.5. The molecule has 0 radical (unpaired) electrons. The smallest absolute Gasteiger partial charge is 0.339 e. The number of H-pyrrole nitrogens is 1. The Kier molecular flexibility index (Phi) is 3.43. The minimum Gasteiger partial charge on any atom is -0.465 e. The fourth-order valence-electron chi connectivity index (χ4n) is 1.54. The fourth-order valence-corrected chi connectivity index (χ4v) is 1.54. The molecule has 0 fully saturated rings. The van der Waals surface area contributed by atoms with E-state index in [4.69, 9.17) is 0 Å². The number of hydrogen-bond donors (Lipinski definition) is 2. The number of rotatable bonds is 3. The lowest BCUT2D eigenvalue weighted by Crippen LogP contribution is -2.15. The Labute approximate surface area is 104 Å². The van der Waals surface area contributed by atoms with Crippen LogP contribution in [-0.4, -0.2) is 24.0 Å². The van der Waals surface area contributed by atoms with E-state index in [0.29, 0.717) is 16.9 Å². The first-order valence-corrected chi connectivity index (χ1v) is 5.34. The van der Waals surface area contributed by atoms with E-state index in [1.54, 1.807) is 42.6 Å². The van der Waals surface area contributed by atoms with Gasteiger partial charge in [0.2, 0.25) is 0 Å². The van der Waals surface area contributed by atoms with E-state index >= 15 is 0 Å². The normalized spacial score (nSPS) is 9.83. The number of hydrogen-bond acceptors (Lipinski definition) is 3. The predicted octanol–water partition coefficient (Wildman–Crippen LogP) is 2.05. The minimum absolute atomic E-state index is 0.309. The first kappa shape index (κ1) is 11.9. The SMILES string of the molecule is COC(=O)c1ccccc1NC(=O)c1ccc[nH]1. The lowest BCUT2D eigenvalue weighted by molar-refractivity contribution is 0.0602. The molecule has 5 heteroatoms. The standard InChI is InChI=1S/C13H12N2O3/c1-18-13(17)9-5-2-3-6-10(9)15-12(16)11-7-4-8-14-11/h2-8,14H,1H3,(H,15,16). The van der Waals surface area contributed by atoms with Gasteiger partial charge in [-0.25, -0.2) is 4.79 Å². The maximum atomic E-state index is 11.8. The number of carbonyl (C=O) groups excluding carboxylic acids is 2. The molecule has 18 heavy (non-hydrogen) atoms. The van der Waals surface area contributed by atoms with Gasteiger partial charge in [0.05, 0.1) is 18.4 Å². The van der Waals surface area contributed by atoms with E-state index in [1.807, 2.05) is 0 Å². The van der Waals surface area contributed by atoms with Crippen molar-refractivity contribution in [2.75, 3.05) is 12.4 Å². The lowest BCUT2D eigenvalue weighted by Gasteiger charge is -2.08. The molecule has 0 bridgehead atoms. The van der Waals surface area contributed by atoms with Gasteiger partial charge >= 0.3 is 5.97 Å². The highest BCUT2D eigenvalue weighted by molar-refractivity contribution is 6.07. The average Bonchev–Trinajstić information content (AvgIpc) is 2.92. The van der Waals surface area contributed by atoms with Crippen LogP contribution < -0.4 is 5.32 Å². The summed E-state index contributed by atoms with van der Waals surface area (Å²) in [6.07, 6.45) is 1.65. The molecule has 0 aliphatic rings. The van der Waals surface area contributed by atoms with Gasteiger partial charge in [0.1, 0.15) is 5.69 Å². The molecule has 2 rings (SSSR count). The molecular formula is C13H12N2O3. The van der Waals surface area contributed by atoms with Crippen LogP contribution in [-0.2, 0) is 4.74 Å². The largest absolute Gasteiger partial charge is 0.465 e. The number of ether oxygens (including phenoxy) is 1. The molecule has 1 aromatic carbocycles. The number of amides is 1. The van der Waals surface area contributed by atoms with Gasteiger partial charge in [-0.2, -0.15) is 0 Å². The Morgan fingerprint density at radius 1 is 1.17 bits per heavy atom. The zero-order valence-electron chi connectivity index (χ0n) is 9.77. The van der Waals surface area contributed by atoms with Crippen molar-refractivity contribution in [1.82, 2.24) is 4.98 Å². The van der Waals surface area contributed by atoms with Gasteiger partial charge in [0.15, 0.2) is 0 Å². The lowest BCUT2D eigenvalue weighted by atomic mass is 10.1. The number of benzene rings is 1. The molecule has 0 spiro atoms. The number of methoxy groups -OCH3 is 1. The molecule has 5 nitrogen and oxygen atoms in total. The zero-order chi connectivity index (χ0) is 13.0. The molecule has 92 valence electrons. The number of carbonyl (C=O) groups is 2. The third-order valence-electron chi connectivity index (χ3n) is 2.42. The molecule has 0 saturated heterocycles. The van der Waals surface area contributed by atoms with Gasteiger partial charge < -0.3 is 15.0 Å². The Hall–Kier alpha value is -2.56. The van der Waals surface area contributed by atoms with E-state index in [0.717, 1.165) is 0 Å². The molecule has 2 aromatic rings. The monoisotopic (exact) mass is 244 g/mol. The average molecular weight is 244 g/mol. The van der Waals surface area contributed by atoms with Crippen LogP contribution >= 0.6 is 0 Å². The summed E-state index contributed by atoms with van der Waals surface area (Å²) < 4.78 is 4.65. The first-order valence-electron chi connectivity index (χ1n) is 5.34. The molecule has 0 atom stereocenters. The second-order valence-corrected chi connectivity index (χ2v) is 3.58. The van der Waals surface area contributed by atoms with Gasteiger partial charge in [0.25, 0.3) is 5.91 Å². The van der Waals surface area contributed by atoms with Crippen molar-refractivity contribution in [2.24, 2.45) is 0 Å². The van der Waals surface area contributed by atoms with Gasteiger partial charge in [-0.3, -0.25) is 4.79 Å². The number of anilines is 1. The van der Waals surface area contributed by atoms with Crippen LogP contribution in [0.25, 0.3) is 0 Å². The Morgan fingerprint density at radius 2 is 1.94 bits per heavy atom. The summed E-state index contributed by atoms with van der Waals surface area (Å²) in [5.41, 5.74) is 1.17. The Morgan fingerprint density at radius 3 is 2.61 bits per heavy atom. The third-order valence-corrected chi connectivity index (χ3v) is 2.42. The maximum Gasteiger partial charge on any atom is 0.339 e. The van der Waals surface area contributed by atoms with E-state index < -0.39 is 5.97 Å². The van der Waals surface area contributed by atoms with Crippen LogP contribution in [0.4, 0.5) is 5.69 Å². The summed E-state index contributed by atoms with van der Waals surface area (Å²) in [5, 5.41) is 2.66. The van der Waals surface area contributed by atoms with E-state index in [9.17, 15) is 9.59 Å². The predicted molar refractivity (Wildman–Crippen MR) is 66.5 cm³/mol.